The van der Waals surface area contributed by atoms with Crippen LogP contribution in [0.4, 0.5) is 4.79 Å². The molecule has 3 aliphatic carbocycles. The van der Waals surface area contributed by atoms with Gasteiger partial charge in [-0.25, -0.2) is 9.59 Å². The summed E-state index contributed by atoms with van der Waals surface area (Å²) in [5.41, 5.74) is 8.13. The van der Waals surface area contributed by atoms with Gasteiger partial charge in [0.1, 0.15) is 25.0 Å². The number of hydrogen-bond donors (Lipinski definition) is 1. The molecule has 0 aliphatic heterocycles. The quantitative estimate of drug-likeness (QED) is 0.336. The van der Waals surface area contributed by atoms with Gasteiger partial charge in [0, 0.05) is 17.9 Å². The number of esters is 1. The van der Waals surface area contributed by atoms with Crippen LogP contribution in [0, 0.1) is 0 Å². The third kappa shape index (κ3) is 6.22. The Kier molecular flexibility index (Phi) is 8.84. The van der Waals surface area contributed by atoms with Crippen molar-refractivity contribution in [1.82, 2.24) is 5.32 Å². The number of carbonyl (C=O) groups is 2. The first-order chi connectivity index (χ1) is 19.6. The highest BCUT2D eigenvalue weighted by Crippen LogP contribution is 2.46. The molecule has 0 fully saturated rings. The number of carbonyl (C=O) groups excluding carboxylic acids is 2. The van der Waals surface area contributed by atoms with Crippen LogP contribution in [0.5, 0.6) is 0 Å². The van der Waals surface area contributed by atoms with E-state index in [0.29, 0.717) is 6.42 Å². The lowest BCUT2D eigenvalue weighted by atomic mass is 9.91. The third-order valence-corrected chi connectivity index (χ3v) is 7.99. The van der Waals surface area contributed by atoms with Gasteiger partial charge in [0.2, 0.25) is 0 Å². The van der Waals surface area contributed by atoms with Crippen LogP contribution in [0.15, 0.2) is 95.3 Å². The number of benzene rings is 2. The minimum atomic E-state index is -0.880. The van der Waals surface area contributed by atoms with E-state index in [1.807, 2.05) is 48.5 Å². The lowest BCUT2D eigenvalue weighted by Crippen LogP contribution is -2.44. The monoisotopic (exact) mass is 539 g/mol. The molecule has 1 amide bonds. The number of fused-ring (bicyclic) bond motifs is 2. The van der Waals surface area contributed by atoms with E-state index >= 15 is 0 Å². The normalized spacial score (nSPS) is 18.4. The van der Waals surface area contributed by atoms with Crippen molar-refractivity contribution in [3.8, 4) is 0 Å². The van der Waals surface area contributed by atoms with Crippen LogP contribution >= 0.6 is 0 Å². The average molecular weight is 540 g/mol. The molecule has 2 aromatic carbocycles. The smallest absolute Gasteiger partial charge is 0.407 e. The molecule has 6 nitrogen and oxygen atoms in total. The van der Waals surface area contributed by atoms with Gasteiger partial charge in [0.05, 0.1) is 7.11 Å². The summed E-state index contributed by atoms with van der Waals surface area (Å²) < 4.78 is 17.0. The predicted octanol–water partition coefficient (Wildman–Crippen LogP) is 6.80. The van der Waals surface area contributed by atoms with Crippen molar-refractivity contribution in [3.63, 3.8) is 0 Å². The number of nitrogens with one attached hydrogen (secondary N) is 1. The number of amides is 1. The van der Waals surface area contributed by atoms with E-state index in [1.165, 1.54) is 27.8 Å². The third-order valence-electron chi connectivity index (χ3n) is 7.99. The SMILES string of the molecule is CCC1=CC(OC)=C(COC(=O)C(Cc2ccccc2)NC(=O)OCC2C3=C(C=CCC3)c3ccccc32)CC1. The standard InChI is InChI=1S/C34H37NO5/c1-3-23-17-18-25(32(20-23)38-2)21-39-33(36)31(19-24-11-5-4-6-12-24)35-34(37)40-22-30-28-15-9-7-13-26(28)27-14-8-10-16-29(27)30/h4-9,11-15,20,30-31H,3,10,16-19,21-22H2,1-2H3,(H,35,37). The highest BCUT2D eigenvalue weighted by atomic mass is 16.6. The van der Waals surface area contributed by atoms with E-state index in [4.69, 9.17) is 14.2 Å². The Morgan fingerprint density at radius 1 is 1.00 bits per heavy atom. The number of methoxy groups -OCH3 is 1. The molecule has 208 valence electrons. The Morgan fingerprint density at radius 3 is 2.60 bits per heavy atom. The van der Waals surface area contributed by atoms with Crippen molar-refractivity contribution in [2.45, 2.75) is 57.4 Å². The van der Waals surface area contributed by atoms with Crippen molar-refractivity contribution in [3.05, 3.63) is 112 Å². The van der Waals surface area contributed by atoms with E-state index in [0.717, 1.165) is 49.0 Å². The molecule has 0 aromatic heterocycles. The minimum absolute atomic E-state index is 0.0215. The lowest BCUT2D eigenvalue weighted by molar-refractivity contribution is -0.145. The van der Waals surface area contributed by atoms with Gasteiger partial charge in [-0.1, -0.05) is 84.8 Å². The molecule has 0 heterocycles. The molecular formula is C34H37NO5. The van der Waals surface area contributed by atoms with Crippen molar-refractivity contribution < 1.29 is 23.8 Å². The fraction of sp³-hybridized carbons (Fsp3) is 0.353. The Bertz CT molecular complexity index is 1370. The second-order valence-electron chi connectivity index (χ2n) is 10.4. The van der Waals surface area contributed by atoms with E-state index in [2.05, 4.69) is 36.5 Å². The maximum absolute atomic E-state index is 13.3. The zero-order valence-electron chi connectivity index (χ0n) is 23.3. The van der Waals surface area contributed by atoms with Crippen molar-refractivity contribution in [1.29, 1.82) is 0 Å². The number of allylic oxidation sites excluding steroid dienone is 5. The topological polar surface area (TPSA) is 73.9 Å². The van der Waals surface area contributed by atoms with Gasteiger partial charge in [-0.05, 0) is 60.4 Å². The Hall–Kier alpha value is -4.06. The average Bonchev–Trinajstić information content (AvgIpc) is 3.32. The molecule has 3 aliphatic rings. The fourth-order valence-corrected chi connectivity index (χ4v) is 5.80. The van der Waals surface area contributed by atoms with Gasteiger partial charge in [0.25, 0.3) is 0 Å². The molecule has 6 heteroatoms. The van der Waals surface area contributed by atoms with E-state index in [-0.39, 0.29) is 19.1 Å². The maximum atomic E-state index is 13.3. The molecular weight excluding hydrogens is 502 g/mol. The molecule has 1 N–H and O–H groups in total. The molecule has 0 spiro atoms. The van der Waals surface area contributed by atoms with Crippen LogP contribution < -0.4 is 5.32 Å². The molecule has 2 unspecified atom stereocenters. The van der Waals surface area contributed by atoms with Crippen LogP contribution in [-0.2, 0) is 25.4 Å². The second-order valence-corrected chi connectivity index (χ2v) is 10.4. The van der Waals surface area contributed by atoms with E-state index < -0.39 is 18.1 Å². The molecule has 2 atom stereocenters. The zero-order chi connectivity index (χ0) is 27.9. The summed E-state index contributed by atoms with van der Waals surface area (Å²) in [7, 11) is 1.63. The lowest BCUT2D eigenvalue weighted by Gasteiger charge is -2.22. The van der Waals surface area contributed by atoms with Crippen LogP contribution in [0.1, 0.15) is 61.6 Å². The maximum Gasteiger partial charge on any atom is 0.407 e. The summed E-state index contributed by atoms with van der Waals surface area (Å²) in [4.78, 5) is 26.3. The first-order valence-corrected chi connectivity index (χ1v) is 14.2. The summed E-state index contributed by atoms with van der Waals surface area (Å²) in [6, 6.07) is 17.0. The Balaban J connectivity index is 1.25. The molecule has 0 radical (unpaired) electrons. The molecule has 40 heavy (non-hydrogen) atoms. The number of hydrogen-bond acceptors (Lipinski definition) is 5. The number of ether oxygens (including phenoxy) is 3. The Morgan fingerprint density at radius 2 is 1.80 bits per heavy atom. The molecule has 0 saturated carbocycles. The molecule has 0 saturated heterocycles. The highest BCUT2D eigenvalue weighted by Gasteiger charge is 2.32. The van der Waals surface area contributed by atoms with Gasteiger partial charge in [-0.15, -0.1) is 0 Å². The summed E-state index contributed by atoms with van der Waals surface area (Å²) in [6.07, 6.45) is 10.7. The first-order valence-electron chi connectivity index (χ1n) is 14.2. The Labute approximate surface area is 236 Å². The summed E-state index contributed by atoms with van der Waals surface area (Å²) >= 11 is 0. The van der Waals surface area contributed by atoms with Gasteiger partial charge in [-0.3, -0.25) is 0 Å². The van der Waals surface area contributed by atoms with Gasteiger partial charge >= 0.3 is 12.1 Å². The summed E-state index contributed by atoms with van der Waals surface area (Å²) in [5.74, 6) is 0.279. The number of rotatable bonds is 10. The molecule has 0 bridgehead atoms. The predicted molar refractivity (Wildman–Crippen MR) is 155 cm³/mol. The summed E-state index contributed by atoms with van der Waals surface area (Å²) in [6.45, 7) is 2.47. The fourth-order valence-electron chi connectivity index (χ4n) is 5.80. The number of alkyl carbamates (subject to hydrolysis) is 1. The van der Waals surface area contributed by atoms with E-state index in [1.54, 1.807) is 7.11 Å². The van der Waals surface area contributed by atoms with Crippen molar-refractivity contribution >= 4 is 17.6 Å². The van der Waals surface area contributed by atoms with Crippen LogP contribution in [0.3, 0.4) is 0 Å². The zero-order valence-corrected chi connectivity index (χ0v) is 23.3. The van der Waals surface area contributed by atoms with Gasteiger partial charge in [-0.2, -0.15) is 0 Å². The van der Waals surface area contributed by atoms with E-state index in [9.17, 15) is 9.59 Å². The van der Waals surface area contributed by atoms with Crippen molar-refractivity contribution in [2.24, 2.45) is 0 Å². The van der Waals surface area contributed by atoms with Gasteiger partial charge in [0.15, 0.2) is 0 Å². The second kappa shape index (κ2) is 12.9. The van der Waals surface area contributed by atoms with Crippen LogP contribution in [-0.4, -0.2) is 38.4 Å². The van der Waals surface area contributed by atoms with Crippen LogP contribution in [0.2, 0.25) is 0 Å². The summed E-state index contributed by atoms with van der Waals surface area (Å²) in [5, 5.41) is 2.79. The van der Waals surface area contributed by atoms with Crippen LogP contribution in [0.25, 0.3) is 5.57 Å². The minimum Gasteiger partial charge on any atom is -0.497 e. The molecule has 2 aromatic rings. The molecule has 5 rings (SSSR count). The first kappa shape index (κ1) is 27.5. The highest BCUT2D eigenvalue weighted by molar-refractivity contribution is 5.85. The van der Waals surface area contributed by atoms with Gasteiger partial charge < -0.3 is 19.5 Å². The largest absolute Gasteiger partial charge is 0.497 e. The van der Waals surface area contributed by atoms with Crippen molar-refractivity contribution in [2.75, 3.05) is 20.3 Å².